The average Bonchev–Trinajstić information content (AvgIpc) is 2.72. The summed E-state index contributed by atoms with van der Waals surface area (Å²) in [6, 6.07) is 13.9. The largest absolute Gasteiger partial charge is 0.462 e. The lowest BCUT2D eigenvalue weighted by Gasteiger charge is -2.08. The molecule has 2 rings (SSSR count). The van der Waals surface area contributed by atoms with Crippen molar-refractivity contribution in [2.24, 2.45) is 0 Å². The number of rotatable bonds is 11. The van der Waals surface area contributed by atoms with Crippen molar-refractivity contribution in [1.29, 1.82) is 0 Å². The molecule has 0 radical (unpaired) electrons. The Balaban J connectivity index is 1.75. The van der Waals surface area contributed by atoms with Crippen LogP contribution in [0.3, 0.4) is 0 Å². The smallest absolute Gasteiger partial charge is 0.338 e. The highest BCUT2D eigenvalue weighted by Gasteiger charge is 2.11. The molecule has 0 unspecified atom stereocenters. The predicted octanol–water partition coefficient (Wildman–Crippen LogP) is 6.32. The zero-order chi connectivity index (χ0) is 20.2. The summed E-state index contributed by atoms with van der Waals surface area (Å²) in [5.41, 5.74) is 1.73. The molecule has 0 aliphatic rings. The molecule has 2 aromatic carbocycles. The van der Waals surface area contributed by atoms with Gasteiger partial charge in [-0.25, -0.2) is 9.59 Å². The van der Waals surface area contributed by atoms with Crippen molar-refractivity contribution in [3.05, 3.63) is 69.7 Å². The minimum absolute atomic E-state index is 0.183. The summed E-state index contributed by atoms with van der Waals surface area (Å²) in [5.74, 6) is -0.788. The molecule has 4 nitrogen and oxygen atoms in total. The Kier molecular flexibility index (Phi) is 9.77. The van der Waals surface area contributed by atoms with Gasteiger partial charge < -0.3 is 9.47 Å². The van der Waals surface area contributed by atoms with Gasteiger partial charge in [0.25, 0.3) is 0 Å². The first-order chi connectivity index (χ1) is 13.6. The van der Waals surface area contributed by atoms with E-state index in [0.29, 0.717) is 17.7 Å². The molecule has 5 heteroatoms. The lowest BCUT2D eigenvalue weighted by Crippen LogP contribution is -2.08. The molecule has 0 aliphatic heterocycles. The van der Waals surface area contributed by atoms with E-state index in [9.17, 15) is 9.59 Å². The van der Waals surface area contributed by atoms with Crippen LogP contribution in [0.15, 0.2) is 53.0 Å². The van der Waals surface area contributed by atoms with Crippen LogP contribution in [0.5, 0.6) is 0 Å². The molecule has 0 bridgehead atoms. The molecule has 0 spiro atoms. The first-order valence-electron chi connectivity index (χ1n) is 9.79. The molecule has 0 aliphatic carbocycles. The van der Waals surface area contributed by atoms with Crippen LogP contribution in [0, 0.1) is 0 Å². The van der Waals surface area contributed by atoms with Crippen LogP contribution >= 0.6 is 15.9 Å². The first kappa shape index (κ1) is 22.2. The number of carbonyl (C=O) groups is 2. The maximum absolute atomic E-state index is 12.2. The van der Waals surface area contributed by atoms with Crippen LogP contribution in [-0.4, -0.2) is 18.5 Å². The fraction of sp³-hybridized carbons (Fsp3) is 0.391. The molecule has 0 N–H and O–H groups in total. The van der Waals surface area contributed by atoms with E-state index in [2.05, 4.69) is 22.9 Å². The van der Waals surface area contributed by atoms with Gasteiger partial charge in [0.1, 0.15) is 6.61 Å². The van der Waals surface area contributed by atoms with Crippen molar-refractivity contribution < 1.29 is 19.1 Å². The van der Waals surface area contributed by atoms with Crippen molar-refractivity contribution in [3.63, 3.8) is 0 Å². The van der Waals surface area contributed by atoms with Crippen molar-refractivity contribution in [3.8, 4) is 0 Å². The van der Waals surface area contributed by atoms with Gasteiger partial charge >= 0.3 is 11.9 Å². The number of halogens is 1. The number of ether oxygens (including phenoxy) is 2. The average molecular weight is 447 g/mol. The van der Waals surface area contributed by atoms with E-state index in [1.165, 1.54) is 25.7 Å². The minimum atomic E-state index is -0.428. The Hall–Kier alpha value is -2.14. The van der Waals surface area contributed by atoms with Crippen molar-refractivity contribution in [2.45, 2.75) is 52.1 Å². The van der Waals surface area contributed by atoms with E-state index in [0.717, 1.165) is 22.9 Å². The summed E-state index contributed by atoms with van der Waals surface area (Å²) in [6.45, 7) is 2.80. The Morgan fingerprint density at radius 3 is 2.00 bits per heavy atom. The fourth-order valence-corrected chi connectivity index (χ4v) is 3.11. The number of esters is 2. The standard InChI is InChI=1S/C23H27BrO4/c1-2-3-4-5-6-9-16-27-22(25)18-12-14-19(15-13-18)23(26)28-17-20-10-7-8-11-21(20)24/h7-8,10-15H,2-6,9,16-17H2,1H3. The van der Waals surface area contributed by atoms with Crippen LogP contribution in [-0.2, 0) is 16.1 Å². The third-order valence-corrected chi connectivity index (χ3v) is 5.18. The van der Waals surface area contributed by atoms with Gasteiger partial charge in [-0.3, -0.25) is 0 Å². The highest BCUT2D eigenvalue weighted by atomic mass is 79.9. The molecule has 0 saturated carbocycles. The number of hydrogen-bond donors (Lipinski definition) is 0. The van der Waals surface area contributed by atoms with Crippen molar-refractivity contribution in [2.75, 3.05) is 6.61 Å². The van der Waals surface area contributed by atoms with Gasteiger partial charge in [0, 0.05) is 10.0 Å². The molecule has 0 heterocycles. The summed E-state index contributed by atoms with van der Waals surface area (Å²) < 4.78 is 11.5. The summed E-state index contributed by atoms with van der Waals surface area (Å²) in [5, 5.41) is 0. The predicted molar refractivity (Wildman–Crippen MR) is 113 cm³/mol. The van der Waals surface area contributed by atoms with Gasteiger partial charge in [-0.05, 0) is 36.8 Å². The molecule has 2 aromatic rings. The van der Waals surface area contributed by atoms with E-state index in [1.54, 1.807) is 24.3 Å². The Labute approximate surface area is 175 Å². The van der Waals surface area contributed by atoms with Crippen molar-refractivity contribution in [1.82, 2.24) is 0 Å². The quantitative estimate of drug-likeness (QED) is 0.299. The number of unbranched alkanes of at least 4 members (excludes halogenated alkanes) is 5. The number of hydrogen-bond acceptors (Lipinski definition) is 4. The second-order valence-corrected chi connectivity index (χ2v) is 7.50. The molecule has 0 fully saturated rings. The molecular weight excluding hydrogens is 420 g/mol. The third-order valence-electron chi connectivity index (χ3n) is 4.40. The zero-order valence-electron chi connectivity index (χ0n) is 16.3. The summed E-state index contributed by atoms with van der Waals surface area (Å²) in [4.78, 5) is 24.2. The van der Waals surface area contributed by atoms with Gasteiger partial charge in [-0.15, -0.1) is 0 Å². The first-order valence-corrected chi connectivity index (χ1v) is 10.6. The van der Waals surface area contributed by atoms with Crippen molar-refractivity contribution >= 4 is 27.9 Å². The molecule has 0 amide bonds. The topological polar surface area (TPSA) is 52.6 Å². The van der Waals surface area contributed by atoms with Crippen LogP contribution in [0.1, 0.15) is 71.7 Å². The molecule has 0 atom stereocenters. The van der Waals surface area contributed by atoms with Gasteiger partial charge in [0.05, 0.1) is 17.7 Å². The van der Waals surface area contributed by atoms with Crippen LogP contribution < -0.4 is 0 Å². The van der Waals surface area contributed by atoms with E-state index < -0.39 is 5.97 Å². The van der Waals surface area contributed by atoms with Gasteiger partial charge in [0.2, 0.25) is 0 Å². The van der Waals surface area contributed by atoms with Crippen LogP contribution in [0.25, 0.3) is 0 Å². The van der Waals surface area contributed by atoms with Crippen LogP contribution in [0.2, 0.25) is 0 Å². The van der Waals surface area contributed by atoms with E-state index in [4.69, 9.17) is 9.47 Å². The molecule has 150 valence electrons. The summed E-state index contributed by atoms with van der Waals surface area (Å²) >= 11 is 3.43. The summed E-state index contributed by atoms with van der Waals surface area (Å²) in [6.07, 6.45) is 6.87. The highest BCUT2D eigenvalue weighted by molar-refractivity contribution is 9.10. The maximum atomic E-state index is 12.2. The maximum Gasteiger partial charge on any atom is 0.338 e. The SMILES string of the molecule is CCCCCCCCOC(=O)c1ccc(C(=O)OCc2ccccc2Br)cc1. The second-order valence-electron chi connectivity index (χ2n) is 6.65. The fourth-order valence-electron chi connectivity index (χ4n) is 2.72. The third kappa shape index (κ3) is 7.47. The Morgan fingerprint density at radius 2 is 1.36 bits per heavy atom. The minimum Gasteiger partial charge on any atom is -0.462 e. The summed E-state index contributed by atoms with van der Waals surface area (Å²) in [7, 11) is 0. The van der Waals surface area contributed by atoms with E-state index >= 15 is 0 Å². The van der Waals surface area contributed by atoms with E-state index in [1.807, 2.05) is 24.3 Å². The Morgan fingerprint density at radius 1 is 0.786 bits per heavy atom. The van der Waals surface area contributed by atoms with Gasteiger partial charge in [-0.2, -0.15) is 0 Å². The van der Waals surface area contributed by atoms with Gasteiger partial charge in [-0.1, -0.05) is 73.2 Å². The number of carbonyl (C=O) groups excluding carboxylic acids is 2. The number of benzene rings is 2. The zero-order valence-corrected chi connectivity index (χ0v) is 17.9. The van der Waals surface area contributed by atoms with Gasteiger partial charge in [0.15, 0.2) is 0 Å². The normalized spacial score (nSPS) is 10.5. The monoisotopic (exact) mass is 446 g/mol. The molecule has 0 saturated heterocycles. The molecule has 0 aromatic heterocycles. The van der Waals surface area contributed by atoms with Crippen LogP contribution in [0.4, 0.5) is 0 Å². The second kappa shape index (κ2) is 12.3. The highest BCUT2D eigenvalue weighted by Crippen LogP contribution is 2.17. The van der Waals surface area contributed by atoms with E-state index in [-0.39, 0.29) is 12.6 Å². The molecular formula is C23H27BrO4. The lowest BCUT2D eigenvalue weighted by molar-refractivity contribution is 0.0465. The lowest BCUT2D eigenvalue weighted by atomic mass is 10.1. The molecule has 28 heavy (non-hydrogen) atoms. The Bertz CT molecular complexity index is 755.